The largest absolute Gasteiger partial charge is 0.496 e. The van der Waals surface area contributed by atoms with Crippen molar-refractivity contribution in [3.05, 3.63) is 47.4 Å². The fraction of sp³-hybridized carbons (Fsp3) is 0.333. The lowest BCUT2D eigenvalue weighted by Crippen LogP contribution is -2.02. The average molecular weight is 257 g/mol. The third-order valence-electron chi connectivity index (χ3n) is 3.05. The lowest BCUT2D eigenvalue weighted by Gasteiger charge is -2.12. The van der Waals surface area contributed by atoms with Crippen LogP contribution in [0.25, 0.3) is 0 Å². The Labute approximate surface area is 113 Å². The van der Waals surface area contributed by atoms with Gasteiger partial charge in [0.2, 0.25) is 0 Å². The molecule has 2 aromatic rings. The second kappa shape index (κ2) is 5.69. The van der Waals surface area contributed by atoms with Crippen LogP contribution in [-0.4, -0.2) is 17.1 Å². The number of hydrogen-bond donors (Lipinski definition) is 1. The second-order valence-corrected chi connectivity index (χ2v) is 4.80. The van der Waals surface area contributed by atoms with Gasteiger partial charge in [-0.2, -0.15) is 0 Å². The summed E-state index contributed by atoms with van der Waals surface area (Å²) in [6.07, 6.45) is 2.30. The summed E-state index contributed by atoms with van der Waals surface area (Å²) in [4.78, 5) is 8.47. The monoisotopic (exact) mass is 257 g/mol. The van der Waals surface area contributed by atoms with E-state index in [0.29, 0.717) is 24.0 Å². The molecule has 0 spiro atoms. The second-order valence-electron chi connectivity index (χ2n) is 4.80. The van der Waals surface area contributed by atoms with Crippen LogP contribution < -0.4 is 10.5 Å². The maximum Gasteiger partial charge on any atom is 0.135 e. The Bertz CT molecular complexity index is 567. The zero-order valence-electron chi connectivity index (χ0n) is 11.6. The van der Waals surface area contributed by atoms with E-state index >= 15 is 0 Å². The Balaban J connectivity index is 2.34. The molecular weight excluding hydrogens is 238 g/mol. The van der Waals surface area contributed by atoms with Crippen LogP contribution in [0.2, 0.25) is 0 Å². The average Bonchev–Trinajstić information content (AvgIpc) is 2.38. The summed E-state index contributed by atoms with van der Waals surface area (Å²) in [6.45, 7) is 4.34. The van der Waals surface area contributed by atoms with E-state index < -0.39 is 0 Å². The molecule has 0 aliphatic carbocycles. The topological polar surface area (TPSA) is 61.0 Å². The Hall–Kier alpha value is -2.10. The van der Waals surface area contributed by atoms with E-state index in [4.69, 9.17) is 10.5 Å². The summed E-state index contributed by atoms with van der Waals surface area (Å²) in [6, 6.07) is 7.92. The molecule has 0 aliphatic heterocycles. The maximum absolute atomic E-state index is 5.68. The molecule has 1 heterocycles. The molecule has 0 bridgehead atoms. The van der Waals surface area contributed by atoms with Gasteiger partial charge < -0.3 is 10.5 Å². The van der Waals surface area contributed by atoms with Crippen LogP contribution >= 0.6 is 0 Å². The molecule has 4 nitrogen and oxygen atoms in total. The van der Waals surface area contributed by atoms with E-state index in [0.717, 1.165) is 11.3 Å². The molecule has 0 unspecified atom stereocenters. The highest BCUT2D eigenvalue weighted by molar-refractivity contribution is 5.40. The van der Waals surface area contributed by atoms with E-state index in [1.807, 2.05) is 6.07 Å². The maximum atomic E-state index is 5.68. The smallest absolute Gasteiger partial charge is 0.135 e. The molecule has 0 saturated heterocycles. The Morgan fingerprint density at radius 1 is 1.26 bits per heavy atom. The molecule has 1 aromatic heterocycles. The minimum Gasteiger partial charge on any atom is -0.496 e. The number of nitrogen functional groups attached to an aromatic ring is 1. The van der Waals surface area contributed by atoms with Crippen molar-refractivity contribution in [1.29, 1.82) is 0 Å². The summed E-state index contributed by atoms with van der Waals surface area (Å²) in [5.74, 6) is 2.53. The minimum absolute atomic E-state index is 0.478. The van der Waals surface area contributed by atoms with Gasteiger partial charge in [-0.1, -0.05) is 26.0 Å². The van der Waals surface area contributed by atoms with Crippen molar-refractivity contribution < 1.29 is 4.74 Å². The van der Waals surface area contributed by atoms with Crippen LogP contribution in [0.4, 0.5) is 5.82 Å². The highest BCUT2D eigenvalue weighted by Gasteiger charge is 2.09. The summed E-state index contributed by atoms with van der Waals surface area (Å²) >= 11 is 0. The van der Waals surface area contributed by atoms with Gasteiger partial charge in [-0.25, -0.2) is 9.97 Å². The fourth-order valence-electron chi connectivity index (χ4n) is 1.97. The van der Waals surface area contributed by atoms with Gasteiger partial charge >= 0.3 is 0 Å². The van der Waals surface area contributed by atoms with Crippen LogP contribution in [0.1, 0.15) is 36.7 Å². The SMILES string of the molecule is COc1ccc(C(C)C)cc1Cc1nccc(N)n1. The number of hydrogen-bond acceptors (Lipinski definition) is 4. The number of rotatable bonds is 4. The van der Waals surface area contributed by atoms with Crippen LogP contribution in [0.5, 0.6) is 5.75 Å². The predicted molar refractivity (Wildman–Crippen MR) is 76.3 cm³/mol. The molecule has 0 atom stereocenters. The van der Waals surface area contributed by atoms with Crippen molar-refractivity contribution >= 4 is 5.82 Å². The summed E-state index contributed by atoms with van der Waals surface area (Å²) in [7, 11) is 1.67. The van der Waals surface area contributed by atoms with Gasteiger partial charge in [-0.05, 0) is 23.6 Å². The van der Waals surface area contributed by atoms with Gasteiger partial charge in [-0.3, -0.25) is 0 Å². The minimum atomic E-state index is 0.478. The predicted octanol–water partition coefficient (Wildman–Crippen LogP) is 2.78. The van der Waals surface area contributed by atoms with Crippen molar-refractivity contribution in [2.45, 2.75) is 26.2 Å². The van der Waals surface area contributed by atoms with Gasteiger partial charge in [-0.15, -0.1) is 0 Å². The number of methoxy groups -OCH3 is 1. The third-order valence-corrected chi connectivity index (χ3v) is 3.05. The number of anilines is 1. The van der Waals surface area contributed by atoms with Crippen molar-refractivity contribution in [3.8, 4) is 5.75 Å². The molecule has 100 valence electrons. The van der Waals surface area contributed by atoms with Crippen molar-refractivity contribution in [2.75, 3.05) is 12.8 Å². The van der Waals surface area contributed by atoms with Crippen LogP contribution in [0, 0.1) is 0 Å². The lowest BCUT2D eigenvalue weighted by molar-refractivity contribution is 0.410. The zero-order chi connectivity index (χ0) is 13.8. The van der Waals surface area contributed by atoms with Crippen LogP contribution in [0.15, 0.2) is 30.5 Å². The molecule has 1 aromatic carbocycles. The van der Waals surface area contributed by atoms with Gasteiger partial charge in [0, 0.05) is 18.2 Å². The molecule has 0 aliphatic rings. The Morgan fingerprint density at radius 3 is 2.68 bits per heavy atom. The Morgan fingerprint density at radius 2 is 2.05 bits per heavy atom. The molecule has 19 heavy (non-hydrogen) atoms. The van der Waals surface area contributed by atoms with Gasteiger partial charge in [0.15, 0.2) is 0 Å². The summed E-state index contributed by atoms with van der Waals surface area (Å²) in [5, 5.41) is 0. The van der Waals surface area contributed by atoms with Crippen molar-refractivity contribution in [1.82, 2.24) is 9.97 Å². The zero-order valence-corrected chi connectivity index (χ0v) is 11.6. The molecular formula is C15H19N3O. The molecule has 0 amide bonds. The molecule has 2 N–H and O–H groups in total. The van der Waals surface area contributed by atoms with Crippen LogP contribution in [-0.2, 0) is 6.42 Å². The first-order valence-electron chi connectivity index (χ1n) is 6.34. The summed E-state index contributed by atoms with van der Waals surface area (Å²) in [5.41, 5.74) is 8.04. The molecule has 4 heteroatoms. The number of nitrogens with zero attached hydrogens (tertiary/aromatic N) is 2. The van der Waals surface area contributed by atoms with E-state index in [-0.39, 0.29) is 0 Å². The molecule has 2 rings (SSSR count). The van der Waals surface area contributed by atoms with Crippen molar-refractivity contribution in [3.63, 3.8) is 0 Å². The third kappa shape index (κ3) is 3.22. The van der Waals surface area contributed by atoms with E-state index in [9.17, 15) is 0 Å². The van der Waals surface area contributed by atoms with Gasteiger partial charge in [0.05, 0.1) is 7.11 Å². The van der Waals surface area contributed by atoms with Gasteiger partial charge in [0.1, 0.15) is 17.4 Å². The first-order valence-corrected chi connectivity index (χ1v) is 6.34. The first kappa shape index (κ1) is 13.3. The Kier molecular flexibility index (Phi) is 4.00. The summed E-state index contributed by atoms with van der Waals surface area (Å²) < 4.78 is 5.40. The quantitative estimate of drug-likeness (QED) is 0.915. The van der Waals surface area contributed by atoms with Gasteiger partial charge in [0.25, 0.3) is 0 Å². The standard InChI is InChI=1S/C15H19N3O/c1-10(2)11-4-5-13(19-3)12(8-11)9-15-17-7-6-14(16)18-15/h4-8,10H,9H2,1-3H3,(H2,16,17,18). The van der Waals surface area contributed by atoms with E-state index in [2.05, 4.69) is 35.9 Å². The number of benzene rings is 1. The number of ether oxygens (including phenoxy) is 1. The highest BCUT2D eigenvalue weighted by Crippen LogP contribution is 2.25. The fourth-order valence-corrected chi connectivity index (χ4v) is 1.97. The lowest BCUT2D eigenvalue weighted by atomic mass is 9.99. The normalized spacial score (nSPS) is 10.7. The molecule has 0 radical (unpaired) electrons. The van der Waals surface area contributed by atoms with Crippen LogP contribution in [0.3, 0.4) is 0 Å². The highest BCUT2D eigenvalue weighted by atomic mass is 16.5. The van der Waals surface area contributed by atoms with E-state index in [1.165, 1.54) is 5.56 Å². The van der Waals surface area contributed by atoms with E-state index in [1.54, 1.807) is 19.4 Å². The number of nitrogens with two attached hydrogens (primary N) is 1. The number of aromatic nitrogens is 2. The first-order chi connectivity index (χ1) is 9.10. The van der Waals surface area contributed by atoms with Crippen molar-refractivity contribution in [2.24, 2.45) is 0 Å². The molecule has 0 fully saturated rings. The molecule has 0 saturated carbocycles.